The summed E-state index contributed by atoms with van der Waals surface area (Å²) in [5.41, 5.74) is -2.53. The third-order valence-electron chi connectivity index (χ3n) is 10.9. The zero-order valence-electron chi connectivity index (χ0n) is 33.3. The quantitative estimate of drug-likeness (QED) is 0.103. The molecule has 56 heavy (non-hydrogen) atoms. The van der Waals surface area contributed by atoms with Crippen LogP contribution in [0.1, 0.15) is 92.9 Å². The van der Waals surface area contributed by atoms with Gasteiger partial charge in [0.2, 0.25) is 0 Å². The molecule has 0 aliphatic heterocycles. The Morgan fingerprint density at radius 2 is 1.11 bits per heavy atom. The van der Waals surface area contributed by atoms with Crippen LogP contribution in [0.3, 0.4) is 0 Å². The fourth-order valence-corrected chi connectivity index (χ4v) is 10.8. The molecule has 0 saturated heterocycles. The number of benzene rings is 3. The Bertz CT molecular complexity index is 1860. The molecule has 2 atom stereocenters. The van der Waals surface area contributed by atoms with Crippen LogP contribution in [0, 0.1) is 22.7 Å². The predicted octanol–water partition coefficient (Wildman–Crippen LogP) is 7.57. The largest absolute Gasteiger partial charge is 0.748 e. The van der Waals surface area contributed by atoms with E-state index in [0.29, 0.717) is 43.9 Å². The van der Waals surface area contributed by atoms with Crippen LogP contribution in [0.25, 0.3) is 0 Å². The van der Waals surface area contributed by atoms with E-state index in [1.807, 2.05) is 27.7 Å². The summed E-state index contributed by atoms with van der Waals surface area (Å²) < 4.78 is 69.5. The van der Waals surface area contributed by atoms with Gasteiger partial charge >= 0.3 is 22.2 Å². The van der Waals surface area contributed by atoms with Gasteiger partial charge in [0.05, 0.1) is 43.2 Å². The van der Waals surface area contributed by atoms with E-state index in [9.17, 15) is 31.0 Å². The molecule has 3 aromatic carbocycles. The van der Waals surface area contributed by atoms with Crippen LogP contribution in [0.2, 0.25) is 0 Å². The lowest BCUT2D eigenvalue weighted by atomic mass is 9.52. The number of nitrogens with two attached hydrogens (primary N) is 1. The van der Waals surface area contributed by atoms with Crippen molar-refractivity contribution in [3.8, 4) is 0 Å². The average molecular weight is 832 g/mol. The second-order valence-electron chi connectivity index (χ2n) is 16.4. The van der Waals surface area contributed by atoms with E-state index >= 15 is 0 Å². The highest BCUT2D eigenvalue weighted by Crippen LogP contribution is 2.60. The molecule has 0 aromatic heterocycles. The van der Waals surface area contributed by atoms with E-state index in [4.69, 9.17) is 14.1 Å². The molecular formula is C42H57NO10S3. The van der Waals surface area contributed by atoms with Gasteiger partial charge in [0.15, 0.2) is 14.7 Å². The van der Waals surface area contributed by atoms with Gasteiger partial charge in [-0.05, 0) is 121 Å². The van der Waals surface area contributed by atoms with E-state index < -0.39 is 54.2 Å². The molecule has 2 unspecified atom stereocenters. The second-order valence-corrected chi connectivity index (χ2v) is 21.1. The summed E-state index contributed by atoms with van der Waals surface area (Å²) in [6.07, 6.45) is 5.80. The lowest BCUT2D eigenvalue weighted by Gasteiger charge is -2.60. The van der Waals surface area contributed by atoms with E-state index in [0.717, 1.165) is 19.3 Å². The Morgan fingerprint density at radius 3 is 1.48 bits per heavy atom. The first kappa shape index (κ1) is 45.4. The summed E-state index contributed by atoms with van der Waals surface area (Å²) in [7, 11) is -8.33. The van der Waals surface area contributed by atoms with Gasteiger partial charge in [-0.3, -0.25) is 13.8 Å². The first-order chi connectivity index (χ1) is 26.1. The minimum absolute atomic E-state index is 0.0146. The van der Waals surface area contributed by atoms with E-state index in [1.165, 1.54) is 14.7 Å². The van der Waals surface area contributed by atoms with Gasteiger partial charge in [-0.1, -0.05) is 68.4 Å². The highest BCUT2D eigenvalue weighted by molar-refractivity contribution is 7.97. The smallest absolute Gasteiger partial charge is 0.333 e. The fraction of sp³-hybridized carbons (Fsp3) is 0.524. The standard InChI is InChI=1S/C18H15S.C16H27NO5S.C8H16O5S/c1-4-10-16(11-5-1)19(17-12-6-2-7-13-17)18-14-8-3-9-15-18;1-4-14(2,3)13(18)21-15-6-11-5-12(7-15)9-16(8-11,10-15)22-23(17,19)20;1-4-8(2,3)7(9)13-5-6-14(10,11)12/h1-15H;11-12H,4-10H2,1-3H3,(H2,17,19,20);4-6H2,1-3H3,(H,10,11,12)/q+1;;/p-1. The minimum atomic E-state index is -4.30. The first-order valence-electron chi connectivity index (χ1n) is 19.1. The van der Waals surface area contributed by atoms with Gasteiger partial charge in [-0.25, -0.2) is 13.6 Å². The Labute approximate surface area is 336 Å². The number of hydrogen-bond acceptors (Lipinski definition) is 10. The summed E-state index contributed by atoms with van der Waals surface area (Å²) in [4.78, 5) is 27.9. The van der Waals surface area contributed by atoms with Gasteiger partial charge < -0.3 is 14.0 Å². The van der Waals surface area contributed by atoms with Crippen LogP contribution in [-0.4, -0.2) is 56.9 Å². The molecule has 14 heteroatoms. The van der Waals surface area contributed by atoms with Gasteiger partial charge in [0.25, 0.3) is 0 Å². The van der Waals surface area contributed by atoms with E-state index in [-0.39, 0.29) is 23.5 Å². The minimum Gasteiger partial charge on any atom is -0.748 e. The van der Waals surface area contributed by atoms with Crippen molar-refractivity contribution >= 4 is 43.3 Å². The van der Waals surface area contributed by atoms with E-state index in [2.05, 4.69) is 95.7 Å². The van der Waals surface area contributed by atoms with Crippen LogP contribution in [0.5, 0.6) is 0 Å². The molecule has 11 nitrogen and oxygen atoms in total. The molecule has 4 aliphatic carbocycles. The highest BCUT2D eigenvalue weighted by atomic mass is 32.2. The van der Waals surface area contributed by atoms with Crippen LogP contribution in [0.4, 0.5) is 0 Å². The van der Waals surface area contributed by atoms with Crippen molar-refractivity contribution in [3.63, 3.8) is 0 Å². The van der Waals surface area contributed by atoms with Crippen molar-refractivity contribution in [1.82, 2.24) is 0 Å². The average Bonchev–Trinajstić information content (AvgIpc) is 3.11. The maximum Gasteiger partial charge on any atom is 0.333 e. The molecule has 0 amide bonds. The summed E-state index contributed by atoms with van der Waals surface area (Å²) in [5, 5.41) is 5.13. The molecule has 0 spiro atoms. The fourth-order valence-electron chi connectivity index (χ4n) is 7.69. The molecule has 4 bridgehead atoms. The normalized spacial score (nSPS) is 22.9. The van der Waals surface area contributed by atoms with Crippen LogP contribution >= 0.6 is 0 Å². The van der Waals surface area contributed by atoms with Crippen molar-refractivity contribution in [1.29, 1.82) is 0 Å². The van der Waals surface area contributed by atoms with Crippen LogP contribution in [0.15, 0.2) is 106 Å². The third-order valence-corrected chi connectivity index (χ3v) is 14.4. The van der Waals surface area contributed by atoms with Gasteiger partial charge in [0, 0.05) is 6.42 Å². The topological polar surface area (TPSA) is 179 Å². The second kappa shape index (κ2) is 18.5. The Morgan fingerprint density at radius 1 is 0.714 bits per heavy atom. The van der Waals surface area contributed by atoms with Gasteiger partial charge in [-0.2, -0.15) is 8.42 Å². The van der Waals surface area contributed by atoms with Crippen molar-refractivity contribution in [3.05, 3.63) is 91.0 Å². The lowest BCUT2D eigenvalue weighted by Crippen LogP contribution is -2.62. The van der Waals surface area contributed by atoms with E-state index in [1.54, 1.807) is 13.8 Å². The van der Waals surface area contributed by atoms with Gasteiger partial charge in [0.1, 0.15) is 12.2 Å². The number of ether oxygens (including phenoxy) is 2. The molecule has 0 radical (unpaired) electrons. The van der Waals surface area contributed by atoms with Crippen molar-refractivity contribution in [2.75, 3.05) is 12.4 Å². The lowest BCUT2D eigenvalue weighted by molar-refractivity contribution is -0.219. The number of carbonyl (C=O) groups excluding carboxylic acids is 2. The molecule has 308 valence electrons. The van der Waals surface area contributed by atoms with Crippen molar-refractivity contribution < 1.29 is 44.6 Å². The number of rotatable bonds is 13. The molecule has 7 rings (SSSR count). The molecule has 4 saturated carbocycles. The summed E-state index contributed by atoms with van der Waals surface area (Å²) in [5.74, 6) is -0.666. The molecule has 4 aliphatic rings. The maximum atomic E-state index is 12.6. The molecular weight excluding hydrogens is 775 g/mol. The maximum absolute atomic E-state index is 12.6. The monoisotopic (exact) mass is 831 g/mol. The predicted molar refractivity (Wildman–Crippen MR) is 216 cm³/mol. The SMILES string of the molecule is CCC(C)(C)C(=O)OC12CC3CC(C1)CC(OS(N)(=O)=O)(C3)C2.CCC(C)(C)C(=O)OCCS(=O)(=O)[O-].c1ccc([S+](c2ccccc2)c2ccccc2)cc1. The summed E-state index contributed by atoms with van der Waals surface area (Å²) >= 11 is 0. The molecule has 2 N–H and O–H groups in total. The Hall–Kier alpha value is -3.27. The Balaban J connectivity index is 0.000000193. The van der Waals surface area contributed by atoms with Gasteiger partial charge in [-0.15, -0.1) is 0 Å². The molecule has 3 aromatic rings. The van der Waals surface area contributed by atoms with Crippen molar-refractivity contribution in [2.45, 2.75) is 119 Å². The number of hydrogen-bond donors (Lipinski definition) is 1. The zero-order valence-corrected chi connectivity index (χ0v) is 35.7. The third kappa shape index (κ3) is 12.9. The van der Waals surface area contributed by atoms with Crippen LogP contribution in [-0.2, 0) is 54.6 Å². The zero-order chi connectivity index (χ0) is 41.4. The highest BCUT2D eigenvalue weighted by Gasteiger charge is 2.62. The number of carbonyl (C=O) groups is 2. The first-order valence-corrected chi connectivity index (χ1v) is 23.3. The van der Waals surface area contributed by atoms with Crippen molar-refractivity contribution in [2.24, 2.45) is 27.8 Å². The summed E-state index contributed by atoms with van der Waals surface area (Å²) in [6, 6.07) is 32.2. The summed E-state index contributed by atoms with van der Waals surface area (Å²) in [6.45, 7) is 10.6. The molecule has 4 fully saturated rings. The van der Waals surface area contributed by atoms with Crippen LogP contribution < -0.4 is 5.14 Å². The molecule has 0 heterocycles. The Kier molecular flexibility index (Phi) is 15.0. The number of esters is 2.